The fraction of sp³-hybridized carbons (Fsp3) is 0.900. The van der Waals surface area contributed by atoms with Gasteiger partial charge < -0.3 is 16.4 Å². The molecule has 0 saturated carbocycles. The van der Waals surface area contributed by atoms with Crippen molar-refractivity contribution in [3.05, 3.63) is 0 Å². The molecule has 0 unspecified atom stereocenters. The summed E-state index contributed by atoms with van der Waals surface area (Å²) in [6, 6.07) is -0.346. The smallest absolute Gasteiger partial charge is 0.239 e. The lowest BCUT2D eigenvalue weighted by Gasteiger charge is -2.22. The van der Waals surface area contributed by atoms with Crippen molar-refractivity contribution in [2.75, 3.05) is 19.6 Å². The Morgan fingerprint density at radius 2 is 1.86 bits per heavy atom. The average Bonchev–Trinajstić information content (AvgIpc) is 2.19. The van der Waals surface area contributed by atoms with Gasteiger partial charge in [-0.2, -0.15) is 0 Å². The van der Waals surface area contributed by atoms with Crippen LogP contribution in [0.25, 0.3) is 0 Å². The Morgan fingerprint density at radius 3 is 2.29 bits per heavy atom. The molecular formula is C10H23N3O. The molecule has 0 saturated heterocycles. The third kappa shape index (κ3) is 4.58. The van der Waals surface area contributed by atoms with E-state index in [0.717, 1.165) is 32.4 Å². The van der Waals surface area contributed by atoms with Gasteiger partial charge in [-0.25, -0.2) is 0 Å². The average molecular weight is 201 g/mol. The minimum atomic E-state index is -0.346. The van der Waals surface area contributed by atoms with Gasteiger partial charge in [-0.3, -0.25) is 4.79 Å². The number of rotatable bonds is 7. The molecule has 4 nitrogen and oxygen atoms in total. The van der Waals surface area contributed by atoms with Gasteiger partial charge in [-0.05, 0) is 33.2 Å². The molecule has 0 aromatic rings. The third-order valence-electron chi connectivity index (χ3n) is 2.36. The zero-order valence-corrected chi connectivity index (χ0v) is 9.33. The maximum absolute atomic E-state index is 11.7. The standard InChI is InChI=1S/C10H23N3O/c1-3-13(4-2)10(14)9(12)7-5-6-8-11/h9H,3-8,11-12H2,1-2H3/t9-/m1/s1. The Kier molecular flexibility index (Phi) is 7.42. The van der Waals surface area contributed by atoms with E-state index in [0.29, 0.717) is 6.54 Å². The van der Waals surface area contributed by atoms with Crippen LogP contribution >= 0.6 is 0 Å². The molecule has 0 spiro atoms. The van der Waals surface area contributed by atoms with Crippen LogP contribution in [0, 0.1) is 0 Å². The minimum Gasteiger partial charge on any atom is -0.342 e. The second kappa shape index (κ2) is 7.76. The summed E-state index contributed by atoms with van der Waals surface area (Å²) in [5.74, 6) is 0.0621. The van der Waals surface area contributed by atoms with E-state index >= 15 is 0 Å². The Labute approximate surface area is 86.6 Å². The summed E-state index contributed by atoms with van der Waals surface area (Å²) in [6.45, 7) is 6.08. The van der Waals surface area contributed by atoms with E-state index < -0.39 is 0 Å². The summed E-state index contributed by atoms with van der Waals surface area (Å²) in [5, 5.41) is 0. The molecule has 14 heavy (non-hydrogen) atoms. The zero-order valence-electron chi connectivity index (χ0n) is 9.33. The maximum atomic E-state index is 11.7. The molecular weight excluding hydrogens is 178 g/mol. The van der Waals surface area contributed by atoms with Gasteiger partial charge in [0.25, 0.3) is 0 Å². The van der Waals surface area contributed by atoms with Crippen molar-refractivity contribution in [2.24, 2.45) is 11.5 Å². The lowest BCUT2D eigenvalue weighted by atomic mass is 10.1. The number of carbonyl (C=O) groups excluding carboxylic acids is 1. The van der Waals surface area contributed by atoms with E-state index in [-0.39, 0.29) is 11.9 Å². The summed E-state index contributed by atoms with van der Waals surface area (Å²) < 4.78 is 0. The highest BCUT2D eigenvalue weighted by atomic mass is 16.2. The normalized spacial score (nSPS) is 12.6. The van der Waals surface area contributed by atoms with Crippen LogP contribution in [0.3, 0.4) is 0 Å². The number of likely N-dealkylation sites (N-methyl/N-ethyl adjacent to an activating group) is 1. The van der Waals surface area contributed by atoms with Gasteiger partial charge in [0.05, 0.1) is 6.04 Å². The highest BCUT2D eigenvalue weighted by molar-refractivity contribution is 5.81. The number of unbranched alkanes of at least 4 members (excludes halogenated alkanes) is 1. The van der Waals surface area contributed by atoms with Gasteiger partial charge in [0, 0.05) is 13.1 Å². The van der Waals surface area contributed by atoms with Crippen molar-refractivity contribution in [1.29, 1.82) is 0 Å². The van der Waals surface area contributed by atoms with E-state index in [1.807, 2.05) is 13.8 Å². The van der Waals surface area contributed by atoms with E-state index in [1.165, 1.54) is 0 Å². The van der Waals surface area contributed by atoms with Gasteiger partial charge >= 0.3 is 0 Å². The highest BCUT2D eigenvalue weighted by Gasteiger charge is 2.17. The Morgan fingerprint density at radius 1 is 1.29 bits per heavy atom. The molecule has 0 aromatic heterocycles. The fourth-order valence-corrected chi connectivity index (χ4v) is 1.40. The van der Waals surface area contributed by atoms with E-state index in [4.69, 9.17) is 11.5 Å². The molecule has 0 fully saturated rings. The van der Waals surface area contributed by atoms with E-state index in [9.17, 15) is 4.79 Å². The van der Waals surface area contributed by atoms with Crippen molar-refractivity contribution >= 4 is 5.91 Å². The zero-order chi connectivity index (χ0) is 11.0. The predicted octanol–water partition coefficient (Wildman–Crippen LogP) is 0.311. The molecule has 4 heteroatoms. The van der Waals surface area contributed by atoms with Crippen LogP contribution < -0.4 is 11.5 Å². The third-order valence-corrected chi connectivity index (χ3v) is 2.36. The summed E-state index contributed by atoms with van der Waals surface area (Å²) in [7, 11) is 0. The van der Waals surface area contributed by atoms with Gasteiger partial charge in [0.1, 0.15) is 0 Å². The van der Waals surface area contributed by atoms with Crippen LogP contribution in [-0.2, 0) is 4.79 Å². The summed E-state index contributed by atoms with van der Waals surface area (Å²) >= 11 is 0. The van der Waals surface area contributed by atoms with Crippen molar-refractivity contribution in [2.45, 2.75) is 39.2 Å². The fourth-order valence-electron chi connectivity index (χ4n) is 1.40. The van der Waals surface area contributed by atoms with Crippen molar-refractivity contribution < 1.29 is 4.79 Å². The molecule has 0 aliphatic rings. The van der Waals surface area contributed by atoms with Crippen molar-refractivity contribution in [3.8, 4) is 0 Å². The maximum Gasteiger partial charge on any atom is 0.239 e. The summed E-state index contributed by atoms with van der Waals surface area (Å²) in [6.07, 6.45) is 2.62. The summed E-state index contributed by atoms with van der Waals surface area (Å²) in [5.41, 5.74) is 11.1. The van der Waals surface area contributed by atoms with Gasteiger partial charge in [0.2, 0.25) is 5.91 Å². The van der Waals surface area contributed by atoms with Crippen LogP contribution in [-0.4, -0.2) is 36.5 Å². The van der Waals surface area contributed by atoms with Gasteiger partial charge in [-0.15, -0.1) is 0 Å². The molecule has 0 heterocycles. The first-order chi connectivity index (χ1) is 6.67. The van der Waals surface area contributed by atoms with Crippen LogP contribution in [0.2, 0.25) is 0 Å². The SMILES string of the molecule is CCN(CC)C(=O)[C@H](N)CCCCN. The van der Waals surface area contributed by atoms with Crippen LogP contribution in [0.15, 0.2) is 0 Å². The molecule has 0 aliphatic heterocycles. The lowest BCUT2D eigenvalue weighted by molar-refractivity contribution is -0.132. The molecule has 0 aromatic carbocycles. The number of nitrogens with zero attached hydrogens (tertiary/aromatic N) is 1. The molecule has 1 amide bonds. The first-order valence-corrected chi connectivity index (χ1v) is 5.41. The molecule has 4 N–H and O–H groups in total. The van der Waals surface area contributed by atoms with Crippen molar-refractivity contribution in [1.82, 2.24) is 4.90 Å². The number of hydrogen-bond acceptors (Lipinski definition) is 3. The number of hydrogen-bond donors (Lipinski definition) is 2. The molecule has 0 aliphatic carbocycles. The number of amides is 1. The Hall–Kier alpha value is -0.610. The molecule has 1 atom stereocenters. The quantitative estimate of drug-likeness (QED) is 0.582. The Balaban J connectivity index is 3.84. The first kappa shape index (κ1) is 13.4. The Bertz CT molecular complexity index is 157. The number of nitrogens with two attached hydrogens (primary N) is 2. The van der Waals surface area contributed by atoms with Gasteiger partial charge in [-0.1, -0.05) is 6.42 Å². The topological polar surface area (TPSA) is 72.3 Å². The van der Waals surface area contributed by atoms with E-state index in [1.54, 1.807) is 4.90 Å². The summed E-state index contributed by atoms with van der Waals surface area (Å²) in [4.78, 5) is 13.4. The highest BCUT2D eigenvalue weighted by Crippen LogP contribution is 2.02. The first-order valence-electron chi connectivity index (χ1n) is 5.41. The monoisotopic (exact) mass is 201 g/mol. The predicted molar refractivity (Wildman–Crippen MR) is 58.8 cm³/mol. The number of carbonyl (C=O) groups is 1. The van der Waals surface area contributed by atoms with E-state index in [2.05, 4.69) is 0 Å². The van der Waals surface area contributed by atoms with Gasteiger partial charge in [0.15, 0.2) is 0 Å². The second-order valence-corrected chi connectivity index (χ2v) is 3.40. The molecule has 0 bridgehead atoms. The van der Waals surface area contributed by atoms with Crippen molar-refractivity contribution in [3.63, 3.8) is 0 Å². The minimum absolute atomic E-state index is 0.0621. The van der Waals surface area contributed by atoms with Crippen LogP contribution in [0.5, 0.6) is 0 Å². The van der Waals surface area contributed by atoms with Crippen LogP contribution in [0.4, 0.5) is 0 Å². The largest absolute Gasteiger partial charge is 0.342 e. The lowest BCUT2D eigenvalue weighted by Crippen LogP contribution is -2.43. The molecule has 84 valence electrons. The van der Waals surface area contributed by atoms with Crippen LogP contribution in [0.1, 0.15) is 33.1 Å². The second-order valence-electron chi connectivity index (χ2n) is 3.40. The molecule has 0 rings (SSSR count). The molecule has 0 radical (unpaired) electrons.